The lowest BCUT2D eigenvalue weighted by molar-refractivity contribution is -0.119. The van der Waals surface area contributed by atoms with Gasteiger partial charge in [0, 0.05) is 30.1 Å². The van der Waals surface area contributed by atoms with Crippen molar-refractivity contribution in [1.29, 1.82) is 0 Å². The number of amides is 2. The van der Waals surface area contributed by atoms with E-state index < -0.39 is 5.82 Å². The van der Waals surface area contributed by atoms with Crippen molar-refractivity contribution in [2.75, 3.05) is 6.54 Å². The Balaban J connectivity index is 2.53. The van der Waals surface area contributed by atoms with Gasteiger partial charge in [-0.2, -0.15) is 0 Å². The van der Waals surface area contributed by atoms with Crippen molar-refractivity contribution < 1.29 is 14.0 Å². The average Bonchev–Trinajstić information content (AvgIpc) is 2.59. The van der Waals surface area contributed by atoms with Crippen molar-refractivity contribution in [2.45, 2.75) is 40.3 Å². The topological polar surface area (TPSA) is 62.3 Å². The third-order valence-corrected chi connectivity index (χ3v) is 4.29. The van der Waals surface area contributed by atoms with Crippen LogP contribution in [0.2, 0.25) is 5.02 Å². The third-order valence-electron chi connectivity index (χ3n) is 4.07. The molecule has 5 nitrogen and oxygen atoms in total. The zero-order chi connectivity index (χ0) is 20.1. The molecule has 2 amide bonds. The molecular weight excluding hydrogens is 369 g/mol. The summed E-state index contributed by atoms with van der Waals surface area (Å²) in [5.74, 6) is -0.957. The first-order valence-electron chi connectivity index (χ1n) is 8.74. The van der Waals surface area contributed by atoms with Crippen molar-refractivity contribution in [3.8, 4) is 11.3 Å². The van der Waals surface area contributed by atoms with Crippen LogP contribution in [0.3, 0.4) is 0 Å². The number of hydrogen-bond donors (Lipinski definition) is 1. The van der Waals surface area contributed by atoms with E-state index in [0.29, 0.717) is 28.5 Å². The summed E-state index contributed by atoms with van der Waals surface area (Å²) < 4.78 is 13.9. The summed E-state index contributed by atoms with van der Waals surface area (Å²) in [4.78, 5) is 30.3. The van der Waals surface area contributed by atoms with Crippen molar-refractivity contribution >= 4 is 23.4 Å². The van der Waals surface area contributed by atoms with E-state index in [1.54, 1.807) is 17.0 Å². The van der Waals surface area contributed by atoms with Gasteiger partial charge in [-0.05, 0) is 51.1 Å². The summed E-state index contributed by atoms with van der Waals surface area (Å²) in [6.45, 7) is 7.81. The molecule has 0 unspecified atom stereocenters. The average molecular weight is 392 g/mol. The summed E-state index contributed by atoms with van der Waals surface area (Å²) in [6, 6.07) is 7.26. The SMILES string of the molecule is CCN(C(=O)c1cc(F)ccc1-c1cc(Cl)cc(CNC(C)=O)n1)C(C)C. The summed E-state index contributed by atoms with van der Waals surface area (Å²) in [7, 11) is 0. The highest BCUT2D eigenvalue weighted by Gasteiger charge is 2.22. The van der Waals surface area contributed by atoms with Crippen molar-refractivity contribution in [3.05, 3.63) is 52.4 Å². The Morgan fingerprint density at radius 3 is 2.56 bits per heavy atom. The summed E-state index contributed by atoms with van der Waals surface area (Å²) >= 11 is 6.20. The van der Waals surface area contributed by atoms with Crippen LogP contribution in [-0.4, -0.2) is 34.3 Å². The van der Waals surface area contributed by atoms with Crippen molar-refractivity contribution in [1.82, 2.24) is 15.2 Å². The summed E-state index contributed by atoms with van der Waals surface area (Å²) in [5, 5.41) is 3.08. The van der Waals surface area contributed by atoms with Crippen LogP contribution in [0.4, 0.5) is 4.39 Å². The molecule has 144 valence electrons. The monoisotopic (exact) mass is 391 g/mol. The first kappa shape index (κ1) is 20.8. The Kier molecular flexibility index (Phi) is 6.91. The zero-order valence-corrected chi connectivity index (χ0v) is 16.6. The van der Waals surface area contributed by atoms with E-state index >= 15 is 0 Å². The van der Waals surface area contributed by atoms with Gasteiger partial charge in [0.25, 0.3) is 5.91 Å². The number of aromatic nitrogens is 1. The number of nitrogens with zero attached hydrogens (tertiary/aromatic N) is 2. The molecule has 2 rings (SSSR count). The zero-order valence-electron chi connectivity index (χ0n) is 15.8. The molecule has 0 radical (unpaired) electrons. The molecule has 1 aromatic heterocycles. The second kappa shape index (κ2) is 8.95. The van der Waals surface area contributed by atoms with E-state index in [0.717, 1.165) is 0 Å². The molecular formula is C20H23ClFN3O2. The second-order valence-electron chi connectivity index (χ2n) is 6.45. The van der Waals surface area contributed by atoms with Crippen LogP contribution >= 0.6 is 11.6 Å². The fourth-order valence-electron chi connectivity index (χ4n) is 2.81. The van der Waals surface area contributed by atoms with Crippen LogP contribution in [0.1, 0.15) is 43.7 Å². The molecule has 7 heteroatoms. The van der Waals surface area contributed by atoms with E-state index in [4.69, 9.17) is 11.6 Å². The van der Waals surface area contributed by atoms with Gasteiger partial charge in [0.2, 0.25) is 5.91 Å². The summed E-state index contributed by atoms with van der Waals surface area (Å²) in [6.07, 6.45) is 0. The predicted molar refractivity (Wildman–Crippen MR) is 104 cm³/mol. The van der Waals surface area contributed by atoms with Crippen LogP contribution in [0.25, 0.3) is 11.3 Å². The first-order valence-corrected chi connectivity index (χ1v) is 9.12. The standard InChI is InChI=1S/C20H23ClFN3O2/c1-5-25(12(2)3)20(27)18-10-15(22)6-7-17(18)19-9-14(21)8-16(24-19)11-23-13(4)26/h6-10,12H,5,11H2,1-4H3,(H,23,26). The molecule has 1 aromatic carbocycles. The molecule has 0 fully saturated rings. The second-order valence-corrected chi connectivity index (χ2v) is 6.88. The smallest absolute Gasteiger partial charge is 0.254 e. The largest absolute Gasteiger partial charge is 0.351 e. The molecule has 1 N–H and O–H groups in total. The lowest BCUT2D eigenvalue weighted by Gasteiger charge is -2.26. The molecule has 0 aliphatic rings. The van der Waals surface area contributed by atoms with Crippen LogP contribution in [0.5, 0.6) is 0 Å². The van der Waals surface area contributed by atoms with Crippen molar-refractivity contribution in [2.24, 2.45) is 0 Å². The maximum absolute atomic E-state index is 13.9. The van der Waals surface area contributed by atoms with E-state index in [1.165, 1.54) is 25.1 Å². The fraction of sp³-hybridized carbons (Fsp3) is 0.350. The Bertz CT molecular complexity index is 855. The Morgan fingerprint density at radius 1 is 1.26 bits per heavy atom. The molecule has 0 bridgehead atoms. The predicted octanol–water partition coefficient (Wildman–Crippen LogP) is 4.05. The third kappa shape index (κ3) is 5.26. The van der Waals surface area contributed by atoms with Crippen LogP contribution < -0.4 is 5.32 Å². The number of rotatable bonds is 6. The molecule has 1 heterocycles. The fourth-order valence-corrected chi connectivity index (χ4v) is 3.04. The van der Waals surface area contributed by atoms with Gasteiger partial charge in [0.05, 0.1) is 23.5 Å². The minimum Gasteiger partial charge on any atom is -0.351 e. The number of nitrogens with one attached hydrogen (secondary N) is 1. The number of halogens is 2. The lowest BCUT2D eigenvalue weighted by atomic mass is 10.0. The molecule has 0 saturated heterocycles. The lowest BCUT2D eigenvalue weighted by Crippen LogP contribution is -2.37. The molecule has 0 spiro atoms. The molecule has 0 saturated carbocycles. The number of hydrogen-bond acceptors (Lipinski definition) is 3. The van der Waals surface area contributed by atoms with Crippen LogP contribution in [0, 0.1) is 5.82 Å². The Labute approximate surface area is 163 Å². The van der Waals surface area contributed by atoms with Gasteiger partial charge >= 0.3 is 0 Å². The normalized spacial score (nSPS) is 10.8. The van der Waals surface area contributed by atoms with E-state index in [-0.39, 0.29) is 30.0 Å². The molecule has 2 aromatic rings. The van der Waals surface area contributed by atoms with Gasteiger partial charge < -0.3 is 10.2 Å². The van der Waals surface area contributed by atoms with Gasteiger partial charge in [0.1, 0.15) is 5.82 Å². The maximum atomic E-state index is 13.9. The quantitative estimate of drug-likeness (QED) is 0.808. The van der Waals surface area contributed by atoms with Gasteiger partial charge in [-0.1, -0.05) is 11.6 Å². The number of benzene rings is 1. The minimum absolute atomic E-state index is 0.0266. The molecule has 0 aliphatic heterocycles. The van der Waals surface area contributed by atoms with Crippen LogP contribution in [0.15, 0.2) is 30.3 Å². The highest BCUT2D eigenvalue weighted by Crippen LogP contribution is 2.27. The van der Waals surface area contributed by atoms with Crippen molar-refractivity contribution in [3.63, 3.8) is 0 Å². The van der Waals surface area contributed by atoms with Gasteiger partial charge in [-0.25, -0.2) is 4.39 Å². The minimum atomic E-state index is -0.498. The maximum Gasteiger partial charge on any atom is 0.254 e. The molecule has 0 atom stereocenters. The van der Waals surface area contributed by atoms with Crippen LogP contribution in [-0.2, 0) is 11.3 Å². The Morgan fingerprint density at radius 2 is 1.96 bits per heavy atom. The number of pyridine rings is 1. The number of carbonyl (C=O) groups is 2. The van der Waals surface area contributed by atoms with E-state index in [2.05, 4.69) is 10.3 Å². The highest BCUT2D eigenvalue weighted by molar-refractivity contribution is 6.30. The first-order chi connectivity index (χ1) is 12.7. The Hall–Kier alpha value is -2.47. The highest BCUT2D eigenvalue weighted by atomic mass is 35.5. The summed E-state index contributed by atoms with van der Waals surface area (Å²) in [5.41, 5.74) is 1.72. The van der Waals surface area contributed by atoms with E-state index in [9.17, 15) is 14.0 Å². The molecule has 0 aliphatic carbocycles. The number of carbonyl (C=O) groups excluding carboxylic acids is 2. The van der Waals surface area contributed by atoms with Gasteiger partial charge in [-0.3, -0.25) is 14.6 Å². The van der Waals surface area contributed by atoms with Gasteiger partial charge in [-0.15, -0.1) is 0 Å². The van der Waals surface area contributed by atoms with E-state index in [1.807, 2.05) is 20.8 Å². The van der Waals surface area contributed by atoms with Gasteiger partial charge in [0.15, 0.2) is 0 Å². The molecule has 27 heavy (non-hydrogen) atoms.